The standard InChI is InChI=1S/C12H15BrClNO/c1-8(7-14)12(16)15-9(2)10-4-3-5-11(13)6-10/h3-6,8-9H,7H2,1-2H3,(H,15,16)/t8?,9-/m0/s1. The molecule has 16 heavy (non-hydrogen) atoms. The highest BCUT2D eigenvalue weighted by Gasteiger charge is 2.15. The molecule has 0 spiro atoms. The number of nitrogens with one attached hydrogen (secondary N) is 1. The van der Waals surface area contributed by atoms with E-state index in [1.54, 1.807) is 0 Å². The van der Waals surface area contributed by atoms with Crippen molar-refractivity contribution in [3.63, 3.8) is 0 Å². The Balaban J connectivity index is 2.65. The first-order chi connectivity index (χ1) is 7.54. The first kappa shape index (κ1) is 13.5. The Labute approximate surface area is 110 Å². The van der Waals surface area contributed by atoms with Crippen LogP contribution in [0.4, 0.5) is 0 Å². The van der Waals surface area contributed by atoms with Crippen LogP contribution >= 0.6 is 27.5 Å². The Bertz CT molecular complexity index is 370. The molecule has 88 valence electrons. The Kier molecular flexibility index (Phi) is 5.29. The molecule has 2 atom stereocenters. The molecule has 0 aliphatic rings. The van der Waals surface area contributed by atoms with Gasteiger partial charge in [0.05, 0.1) is 6.04 Å². The third-order valence-electron chi connectivity index (χ3n) is 2.39. The molecule has 1 N–H and O–H groups in total. The molecule has 0 fully saturated rings. The Hall–Kier alpha value is -0.540. The lowest BCUT2D eigenvalue weighted by molar-refractivity contribution is -0.124. The molecule has 1 aromatic rings. The van der Waals surface area contributed by atoms with Crippen LogP contribution in [0, 0.1) is 5.92 Å². The summed E-state index contributed by atoms with van der Waals surface area (Å²) in [5, 5.41) is 2.93. The maximum absolute atomic E-state index is 11.6. The van der Waals surface area contributed by atoms with Crippen molar-refractivity contribution in [1.29, 1.82) is 0 Å². The summed E-state index contributed by atoms with van der Waals surface area (Å²) >= 11 is 9.04. The second-order valence-corrected chi connectivity index (χ2v) is 5.06. The van der Waals surface area contributed by atoms with Crippen LogP contribution in [0.3, 0.4) is 0 Å². The quantitative estimate of drug-likeness (QED) is 0.848. The van der Waals surface area contributed by atoms with E-state index in [4.69, 9.17) is 11.6 Å². The third kappa shape index (κ3) is 3.80. The van der Waals surface area contributed by atoms with E-state index >= 15 is 0 Å². The fraction of sp³-hybridized carbons (Fsp3) is 0.417. The normalized spacial score (nSPS) is 14.2. The number of halogens is 2. The summed E-state index contributed by atoms with van der Waals surface area (Å²) in [6, 6.07) is 7.89. The molecule has 0 heterocycles. The van der Waals surface area contributed by atoms with E-state index in [9.17, 15) is 4.79 Å². The average Bonchev–Trinajstić information content (AvgIpc) is 2.27. The van der Waals surface area contributed by atoms with Gasteiger partial charge in [-0.2, -0.15) is 0 Å². The first-order valence-corrected chi connectivity index (χ1v) is 6.49. The molecular formula is C12H15BrClNO. The van der Waals surface area contributed by atoms with Gasteiger partial charge in [-0.25, -0.2) is 0 Å². The van der Waals surface area contributed by atoms with Gasteiger partial charge in [-0.05, 0) is 24.6 Å². The predicted octanol–water partition coefficient (Wildman–Crippen LogP) is 3.50. The van der Waals surface area contributed by atoms with E-state index in [0.717, 1.165) is 10.0 Å². The van der Waals surface area contributed by atoms with E-state index < -0.39 is 0 Å². The molecule has 1 unspecified atom stereocenters. The summed E-state index contributed by atoms with van der Waals surface area (Å²) in [7, 11) is 0. The molecule has 1 aromatic carbocycles. The minimum atomic E-state index is -0.156. The van der Waals surface area contributed by atoms with Gasteiger partial charge in [0.25, 0.3) is 0 Å². The van der Waals surface area contributed by atoms with Crippen LogP contribution in [0.15, 0.2) is 28.7 Å². The molecule has 1 amide bonds. The zero-order valence-corrected chi connectivity index (χ0v) is 11.7. The number of hydrogen-bond donors (Lipinski definition) is 1. The fourth-order valence-electron chi connectivity index (χ4n) is 1.28. The van der Waals surface area contributed by atoms with Gasteiger partial charge in [0.15, 0.2) is 0 Å². The highest BCUT2D eigenvalue weighted by atomic mass is 79.9. The zero-order chi connectivity index (χ0) is 12.1. The molecule has 4 heteroatoms. The van der Waals surface area contributed by atoms with Crippen LogP contribution in [0.25, 0.3) is 0 Å². The van der Waals surface area contributed by atoms with Gasteiger partial charge < -0.3 is 5.32 Å². The summed E-state index contributed by atoms with van der Waals surface area (Å²) in [5.41, 5.74) is 1.07. The summed E-state index contributed by atoms with van der Waals surface area (Å²) < 4.78 is 1.01. The highest BCUT2D eigenvalue weighted by Crippen LogP contribution is 2.18. The number of benzene rings is 1. The highest BCUT2D eigenvalue weighted by molar-refractivity contribution is 9.10. The Morgan fingerprint density at radius 2 is 2.19 bits per heavy atom. The van der Waals surface area contributed by atoms with Crippen molar-refractivity contribution < 1.29 is 4.79 Å². The minimum absolute atomic E-state index is 0.00401. The maximum Gasteiger partial charge on any atom is 0.224 e. The third-order valence-corrected chi connectivity index (χ3v) is 3.34. The number of carbonyl (C=O) groups is 1. The SMILES string of the molecule is CC(CCl)C(=O)N[C@@H](C)c1cccc(Br)c1. The van der Waals surface area contributed by atoms with Crippen molar-refractivity contribution in [2.24, 2.45) is 5.92 Å². The van der Waals surface area contributed by atoms with Crippen LogP contribution in [-0.4, -0.2) is 11.8 Å². The van der Waals surface area contributed by atoms with Gasteiger partial charge in [-0.1, -0.05) is 35.0 Å². The van der Waals surface area contributed by atoms with Crippen molar-refractivity contribution in [2.75, 3.05) is 5.88 Å². The van der Waals surface area contributed by atoms with Crippen molar-refractivity contribution in [1.82, 2.24) is 5.32 Å². The van der Waals surface area contributed by atoms with Gasteiger partial charge in [-0.3, -0.25) is 4.79 Å². The lowest BCUT2D eigenvalue weighted by atomic mass is 10.1. The Morgan fingerprint density at radius 1 is 1.50 bits per heavy atom. The molecule has 0 saturated heterocycles. The molecule has 0 bridgehead atoms. The summed E-state index contributed by atoms with van der Waals surface area (Å²) in [6.45, 7) is 3.77. The number of rotatable bonds is 4. The van der Waals surface area contributed by atoms with E-state index in [2.05, 4.69) is 21.2 Å². The topological polar surface area (TPSA) is 29.1 Å². The van der Waals surface area contributed by atoms with Crippen LogP contribution in [0.1, 0.15) is 25.5 Å². The van der Waals surface area contributed by atoms with Gasteiger partial charge in [-0.15, -0.1) is 11.6 Å². The van der Waals surface area contributed by atoms with E-state index in [-0.39, 0.29) is 17.9 Å². The van der Waals surface area contributed by atoms with E-state index in [0.29, 0.717) is 5.88 Å². The number of carbonyl (C=O) groups excluding carboxylic acids is 1. The second kappa shape index (κ2) is 6.26. The molecule has 0 aliphatic carbocycles. The van der Waals surface area contributed by atoms with Gasteiger partial charge >= 0.3 is 0 Å². The summed E-state index contributed by atoms with van der Waals surface area (Å²) in [4.78, 5) is 11.6. The fourth-order valence-corrected chi connectivity index (χ4v) is 1.84. The maximum atomic E-state index is 11.6. The lowest BCUT2D eigenvalue weighted by Gasteiger charge is -2.16. The van der Waals surface area contributed by atoms with Crippen LogP contribution < -0.4 is 5.32 Å². The van der Waals surface area contributed by atoms with Crippen LogP contribution in [-0.2, 0) is 4.79 Å². The molecule has 0 radical (unpaired) electrons. The molecule has 0 aromatic heterocycles. The number of alkyl halides is 1. The number of amides is 1. The van der Waals surface area contributed by atoms with Gasteiger partial charge in [0.2, 0.25) is 5.91 Å². The minimum Gasteiger partial charge on any atom is -0.349 e. The summed E-state index contributed by atoms with van der Waals surface area (Å²) in [6.07, 6.45) is 0. The zero-order valence-electron chi connectivity index (χ0n) is 9.34. The predicted molar refractivity (Wildman–Crippen MR) is 70.6 cm³/mol. The van der Waals surface area contributed by atoms with E-state index in [1.165, 1.54) is 0 Å². The lowest BCUT2D eigenvalue weighted by Crippen LogP contribution is -2.32. The Morgan fingerprint density at radius 3 is 2.75 bits per heavy atom. The molecule has 1 rings (SSSR count). The van der Waals surface area contributed by atoms with Crippen molar-refractivity contribution in [2.45, 2.75) is 19.9 Å². The van der Waals surface area contributed by atoms with Gasteiger partial charge in [0.1, 0.15) is 0 Å². The average molecular weight is 305 g/mol. The van der Waals surface area contributed by atoms with Crippen LogP contribution in [0.2, 0.25) is 0 Å². The van der Waals surface area contributed by atoms with Crippen molar-refractivity contribution >= 4 is 33.4 Å². The number of hydrogen-bond acceptors (Lipinski definition) is 1. The van der Waals surface area contributed by atoms with Gasteiger partial charge in [0, 0.05) is 16.3 Å². The monoisotopic (exact) mass is 303 g/mol. The smallest absolute Gasteiger partial charge is 0.224 e. The molecule has 0 saturated carbocycles. The largest absolute Gasteiger partial charge is 0.349 e. The van der Waals surface area contributed by atoms with Crippen molar-refractivity contribution in [3.05, 3.63) is 34.3 Å². The van der Waals surface area contributed by atoms with Crippen molar-refractivity contribution in [3.8, 4) is 0 Å². The molecule has 2 nitrogen and oxygen atoms in total. The first-order valence-electron chi connectivity index (χ1n) is 5.16. The molecule has 0 aliphatic heterocycles. The van der Waals surface area contributed by atoms with Crippen LogP contribution in [0.5, 0.6) is 0 Å². The van der Waals surface area contributed by atoms with E-state index in [1.807, 2.05) is 38.1 Å². The molecular weight excluding hydrogens is 289 g/mol. The second-order valence-electron chi connectivity index (χ2n) is 3.84. The summed E-state index contributed by atoms with van der Waals surface area (Å²) in [5.74, 6) is 0.176.